The Labute approximate surface area is 237 Å². The number of hydrogen-bond donors (Lipinski definition) is 7. The summed E-state index contributed by atoms with van der Waals surface area (Å²) in [7, 11) is 0. The van der Waals surface area contributed by atoms with Crippen LogP contribution in [0.25, 0.3) is 0 Å². The van der Waals surface area contributed by atoms with Crippen molar-refractivity contribution in [1.82, 2.24) is 0 Å². The third kappa shape index (κ3) is 11.4. The van der Waals surface area contributed by atoms with Crippen molar-refractivity contribution in [1.29, 1.82) is 0 Å². The predicted molar refractivity (Wildman–Crippen MR) is 143 cm³/mol. The van der Waals surface area contributed by atoms with E-state index in [1.54, 1.807) is 0 Å². The van der Waals surface area contributed by atoms with Crippen molar-refractivity contribution < 1.29 is 59.5 Å². The standard InChI is InChI=1S/C28H52O12/c1-2-3-4-5-6-7-8-9-10-11-12-13-14-15-20(30)40-28-26(36)24(34)22(32)19(39-28)17-37-27-25(35)23(33)21(31)18(16-29)38-27/h18-19,21-29,31-36H,2-17H2,1H3/t18-,19-,21-,22-,23+,24+,25+,26+,27+,28-/m1/s1. The third-order valence-electron chi connectivity index (χ3n) is 7.67. The molecular weight excluding hydrogens is 528 g/mol. The molecule has 10 atom stereocenters. The molecule has 0 unspecified atom stereocenters. The van der Waals surface area contributed by atoms with Gasteiger partial charge in [-0.3, -0.25) is 4.79 Å². The SMILES string of the molecule is CCCCCCCCCCCCCCCC(=O)O[C@H]1O[C@H](CO[C@H]2O[C@H](CO)[C@@H](O)[C@H](O)[C@@H]2O)[C@@H](O)[C@H](O)[C@@H]1O. The van der Waals surface area contributed by atoms with Crippen LogP contribution in [0.15, 0.2) is 0 Å². The molecule has 0 aromatic rings. The Morgan fingerprint density at radius 1 is 0.600 bits per heavy atom. The maximum Gasteiger partial charge on any atom is 0.308 e. The van der Waals surface area contributed by atoms with Crippen LogP contribution in [0.4, 0.5) is 0 Å². The molecule has 2 aliphatic rings. The maximum absolute atomic E-state index is 12.3. The zero-order valence-corrected chi connectivity index (χ0v) is 23.8. The fourth-order valence-electron chi connectivity index (χ4n) is 5.02. The molecule has 2 heterocycles. The van der Waals surface area contributed by atoms with Gasteiger partial charge in [-0.15, -0.1) is 0 Å². The summed E-state index contributed by atoms with van der Waals surface area (Å²) in [6.07, 6.45) is -0.0128. The Kier molecular flexibility index (Phi) is 17.0. The highest BCUT2D eigenvalue weighted by atomic mass is 16.7. The normalized spacial score (nSPS) is 34.6. The van der Waals surface area contributed by atoms with Crippen LogP contribution in [-0.4, -0.2) is 116 Å². The smallest absolute Gasteiger partial charge is 0.308 e. The molecule has 0 saturated carbocycles. The summed E-state index contributed by atoms with van der Waals surface area (Å²) >= 11 is 0. The van der Waals surface area contributed by atoms with Crippen molar-refractivity contribution >= 4 is 5.97 Å². The van der Waals surface area contributed by atoms with Crippen LogP contribution in [0, 0.1) is 0 Å². The average Bonchev–Trinajstić information content (AvgIpc) is 2.94. The second kappa shape index (κ2) is 19.3. The summed E-state index contributed by atoms with van der Waals surface area (Å²) in [6.45, 7) is 1.10. The molecule has 12 nitrogen and oxygen atoms in total. The molecule has 236 valence electrons. The first-order chi connectivity index (χ1) is 19.2. The molecule has 0 aromatic heterocycles. The Morgan fingerprint density at radius 2 is 1.05 bits per heavy atom. The molecule has 7 N–H and O–H groups in total. The minimum absolute atomic E-state index is 0.120. The van der Waals surface area contributed by atoms with Gasteiger partial charge in [-0.05, 0) is 6.42 Å². The van der Waals surface area contributed by atoms with E-state index in [9.17, 15) is 40.5 Å². The summed E-state index contributed by atoms with van der Waals surface area (Å²) in [5, 5.41) is 69.9. The number of aliphatic hydroxyl groups excluding tert-OH is 7. The van der Waals surface area contributed by atoms with Crippen LogP contribution in [0.1, 0.15) is 96.8 Å². The van der Waals surface area contributed by atoms with Gasteiger partial charge < -0.3 is 54.7 Å². The molecule has 12 heteroatoms. The van der Waals surface area contributed by atoms with E-state index in [1.165, 1.54) is 57.8 Å². The summed E-state index contributed by atoms with van der Waals surface area (Å²) in [5.41, 5.74) is 0. The van der Waals surface area contributed by atoms with Crippen LogP contribution in [-0.2, 0) is 23.7 Å². The Hall–Kier alpha value is -0.930. The zero-order valence-electron chi connectivity index (χ0n) is 23.8. The number of carbonyl (C=O) groups is 1. The minimum atomic E-state index is -1.70. The summed E-state index contributed by atoms with van der Waals surface area (Å²) in [5.74, 6) is -0.607. The molecule has 0 aliphatic carbocycles. The summed E-state index contributed by atoms with van der Waals surface area (Å²) in [6, 6.07) is 0. The molecule has 2 rings (SSSR count). The second-order valence-corrected chi connectivity index (χ2v) is 11.0. The number of rotatable bonds is 19. The molecule has 0 bridgehead atoms. The first kappa shape index (κ1) is 35.3. The predicted octanol–water partition coefficient (Wildman–Crippen LogP) is 0.635. The fraction of sp³-hybridized carbons (Fsp3) is 0.964. The lowest BCUT2D eigenvalue weighted by Crippen LogP contribution is -2.61. The monoisotopic (exact) mass is 580 g/mol. The number of esters is 1. The summed E-state index contributed by atoms with van der Waals surface area (Å²) < 4.78 is 21.3. The maximum atomic E-state index is 12.3. The van der Waals surface area contributed by atoms with E-state index in [0.717, 1.165) is 19.3 Å². The first-order valence-electron chi connectivity index (χ1n) is 15.0. The molecule has 2 fully saturated rings. The van der Waals surface area contributed by atoms with Crippen LogP contribution in [0.5, 0.6) is 0 Å². The Balaban J connectivity index is 1.65. The fourth-order valence-corrected chi connectivity index (χ4v) is 5.02. The highest BCUT2D eigenvalue weighted by Crippen LogP contribution is 2.26. The Morgan fingerprint density at radius 3 is 1.57 bits per heavy atom. The van der Waals surface area contributed by atoms with Gasteiger partial charge in [0.2, 0.25) is 6.29 Å². The van der Waals surface area contributed by atoms with Crippen molar-refractivity contribution in [2.75, 3.05) is 13.2 Å². The molecular formula is C28H52O12. The van der Waals surface area contributed by atoms with Gasteiger partial charge in [0.1, 0.15) is 48.8 Å². The van der Waals surface area contributed by atoms with Crippen LogP contribution >= 0.6 is 0 Å². The van der Waals surface area contributed by atoms with E-state index in [-0.39, 0.29) is 6.42 Å². The van der Waals surface area contributed by atoms with Crippen molar-refractivity contribution in [2.45, 2.75) is 158 Å². The van der Waals surface area contributed by atoms with Crippen LogP contribution in [0.2, 0.25) is 0 Å². The Bertz CT molecular complexity index is 680. The second-order valence-electron chi connectivity index (χ2n) is 11.0. The number of carbonyl (C=O) groups excluding carboxylic acids is 1. The molecule has 0 aromatic carbocycles. The van der Waals surface area contributed by atoms with Gasteiger partial charge in [0.05, 0.1) is 13.2 Å². The lowest BCUT2D eigenvalue weighted by atomic mass is 9.98. The topological polar surface area (TPSA) is 196 Å². The molecule has 0 radical (unpaired) electrons. The van der Waals surface area contributed by atoms with Crippen molar-refractivity contribution in [3.8, 4) is 0 Å². The zero-order chi connectivity index (χ0) is 29.5. The van der Waals surface area contributed by atoms with Crippen molar-refractivity contribution in [3.63, 3.8) is 0 Å². The number of ether oxygens (including phenoxy) is 4. The largest absolute Gasteiger partial charge is 0.433 e. The van der Waals surface area contributed by atoms with Gasteiger partial charge in [0.15, 0.2) is 6.29 Å². The van der Waals surface area contributed by atoms with Gasteiger partial charge in [-0.2, -0.15) is 0 Å². The third-order valence-corrected chi connectivity index (χ3v) is 7.67. The van der Waals surface area contributed by atoms with E-state index in [4.69, 9.17) is 18.9 Å². The van der Waals surface area contributed by atoms with Gasteiger partial charge >= 0.3 is 5.97 Å². The van der Waals surface area contributed by atoms with Crippen LogP contribution in [0.3, 0.4) is 0 Å². The van der Waals surface area contributed by atoms with Crippen molar-refractivity contribution in [2.24, 2.45) is 0 Å². The van der Waals surface area contributed by atoms with E-state index in [2.05, 4.69) is 6.92 Å². The minimum Gasteiger partial charge on any atom is -0.433 e. The molecule has 0 amide bonds. The molecule has 0 spiro atoms. The highest BCUT2D eigenvalue weighted by Gasteiger charge is 2.48. The molecule has 2 aliphatic heterocycles. The lowest BCUT2D eigenvalue weighted by Gasteiger charge is -2.42. The van der Waals surface area contributed by atoms with Gasteiger partial charge in [-0.1, -0.05) is 84.0 Å². The highest BCUT2D eigenvalue weighted by molar-refractivity contribution is 5.69. The van der Waals surface area contributed by atoms with E-state index in [0.29, 0.717) is 6.42 Å². The molecule has 40 heavy (non-hydrogen) atoms. The quantitative estimate of drug-likeness (QED) is 0.0833. The molecule has 2 saturated heterocycles. The summed E-state index contributed by atoms with van der Waals surface area (Å²) in [4.78, 5) is 12.3. The lowest BCUT2D eigenvalue weighted by molar-refractivity contribution is -0.327. The van der Waals surface area contributed by atoms with E-state index in [1.807, 2.05) is 0 Å². The van der Waals surface area contributed by atoms with Gasteiger partial charge in [-0.25, -0.2) is 0 Å². The number of unbranched alkanes of at least 4 members (excludes halogenated alkanes) is 12. The first-order valence-corrected chi connectivity index (χ1v) is 15.0. The van der Waals surface area contributed by atoms with Gasteiger partial charge in [0, 0.05) is 6.42 Å². The number of aliphatic hydroxyl groups is 7. The average molecular weight is 581 g/mol. The number of hydrogen-bond acceptors (Lipinski definition) is 12. The van der Waals surface area contributed by atoms with E-state index >= 15 is 0 Å². The van der Waals surface area contributed by atoms with Crippen LogP contribution < -0.4 is 0 Å². The van der Waals surface area contributed by atoms with Gasteiger partial charge in [0.25, 0.3) is 0 Å². The van der Waals surface area contributed by atoms with Crippen molar-refractivity contribution in [3.05, 3.63) is 0 Å². The van der Waals surface area contributed by atoms with E-state index < -0.39 is 80.6 Å².